The molecule has 0 aliphatic rings. The number of unbranched alkanes of at least 4 members (excludes halogenated alkanes) is 1. The maximum Gasteiger partial charge on any atom is 0.233 e. The second-order valence-electron chi connectivity index (χ2n) is 5.07. The number of hydrogen-bond donors (Lipinski definition) is 2. The molecule has 1 aromatic carbocycles. The van der Waals surface area contributed by atoms with E-state index in [4.69, 9.17) is 0 Å². The van der Waals surface area contributed by atoms with Gasteiger partial charge < -0.3 is 5.32 Å². The fraction of sp³-hybridized carbons (Fsp3) is 0.333. The predicted octanol–water partition coefficient (Wildman–Crippen LogP) is 3.07. The summed E-state index contributed by atoms with van der Waals surface area (Å²) in [5.41, 5.74) is 2.05. The van der Waals surface area contributed by atoms with Crippen molar-refractivity contribution in [3.05, 3.63) is 42.0 Å². The number of hydrogen-bond acceptors (Lipinski definition) is 5. The van der Waals surface area contributed by atoms with Crippen LogP contribution in [-0.4, -0.2) is 24.4 Å². The molecule has 0 bridgehead atoms. The first-order chi connectivity index (χ1) is 10.5. The Hall–Kier alpha value is -2.15. The Kier molecular flexibility index (Phi) is 5.32. The molecule has 0 aliphatic heterocycles. The fourth-order valence-corrected chi connectivity index (χ4v) is 3.07. The van der Waals surface area contributed by atoms with E-state index in [1.165, 1.54) is 0 Å². The van der Waals surface area contributed by atoms with Gasteiger partial charge in [-0.3, -0.25) is 4.72 Å². The van der Waals surface area contributed by atoms with Crippen LogP contribution in [0, 0.1) is 6.92 Å². The number of nitrogens with zero attached hydrogens (tertiary/aromatic N) is 2. The number of sulfonamides is 1. The molecule has 0 saturated carbocycles. The lowest BCUT2D eigenvalue weighted by Crippen LogP contribution is -2.17. The van der Waals surface area contributed by atoms with Crippen LogP contribution in [0.3, 0.4) is 0 Å². The van der Waals surface area contributed by atoms with Crippen molar-refractivity contribution in [3.8, 4) is 0 Å². The lowest BCUT2D eigenvalue weighted by Gasteiger charge is -2.08. The third kappa shape index (κ3) is 5.00. The van der Waals surface area contributed by atoms with Gasteiger partial charge in [0.05, 0.1) is 5.75 Å². The van der Waals surface area contributed by atoms with Crippen LogP contribution in [0.2, 0.25) is 0 Å². The van der Waals surface area contributed by atoms with Gasteiger partial charge in [-0.1, -0.05) is 25.5 Å². The molecular weight excluding hydrogens is 300 g/mol. The highest BCUT2D eigenvalue weighted by Gasteiger charge is 2.10. The standard InChI is InChI=1S/C15H20N4O2S/c1-3-4-10-22(20,21)19-15-9-8-14(17-18-15)16-13-7-5-6-12(2)11-13/h5-9,11H,3-4,10H2,1-2H3,(H,16,17)(H,18,19). The van der Waals surface area contributed by atoms with E-state index in [1.54, 1.807) is 12.1 Å². The average Bonchev–Trinajstić information content (AvgIpc) is 2.47. The second-order valence-corrected chi connectivity index (χ2v) is 6.91. The van der Waals surface area contributed by atoms with Gasteiger partial charge in [0.25, 0.3) is 0 Å². The van der Waals surface area contributed by atoms with Gasteiger partial charge in [0.15, 0.2) is 11.6 Å². The summed E-state index contributed by atoms with van der Waals surface area (Å²) in [5.74, 6) is 0.877. The summed E-state index contributed by atoms with van der Waals surface area (Å²) >= 11 is 0. The molecular formula is C15H20N4O2S. The first kappa shape index (κ1) is 16.2. The van der Waals surface area contributed by atoms with Crippen LogP contribution in [0.4, 0.5) is 17.3 Å². The minimum Gasteiger partial charge on any atom is -0.339 e. The molecule has 22 heavy (non-hydrogen) atoms. The fourth-order valence-electron chi connectivity index (χ4n) is 1.87. The van der Waals surface area contributed by atoms with Gasteiger partial charge in [0, 0.05) is 5.69 Å². The molecule has 0 spiro atoms. The molecule has 1 aromatic heterocycles. The summed E-state index contributed by atoms with van der Waals surface area (Å²) in [6.45, 7) is 3.95. The molecule has 2 N–H and O–H groups in total. The van der Waals surface area contributed by atoms with E-state index in [9.17, 15) is 8.42 Å². The third-order valence-corrected chi connectivity index (χ3v) is 4.33. The Labute approximate surface area is 131 Å². The summed E-state index contributed by atoms with van der Waals surface area (Å²) in [6.07, 6.45) is 1.45. The maximum atomic E-state index is 11.8. The Morgan fingerprint density at radius 3 is 2.45 bits per heavy atom. The molecule has 118 valence electrons. The third-order valence-electron chi connectivity index (χ3n) is 2.98. The van der Waals surface area contributed by atoms with Crippen molar-refractivity contribution >= 4 is 27.3 Å². The van der Waals surface area contributed by atoms with Crippen molar-refractivity contribution in [2.24, 2.45) is 0 Å². The smallest absolute Gasteiger partial charge is 0.233 e. The summed E-state index contributed by atoms with van der Waals surface area (Å²) in [6, 6.07) is 11.1. The van der Waals surface area contributed by atoms with Gasteiger partial charge in [0.1, 0.15) is 0 Å². The van der Waals surface area contributed by atoms with Crippen molar-refractivity contribution in [1.82, 2.24) is 10.2 Å². The molecule has 7 heteroatoms. The maximum absolute atomic E-state index is 11.8. The zero-order valence-electron chi connectivity index (χ0n) is 12.7. The van der Waals surface area contributed by atoms with Crippen molar-refractivity contribution in [2.75, 3.05) is 15.8 Å². The molecule has 1 heterocycles. The molecule has 2 aromatic rings. The van der Waals surface area contributed by atoms with E-state index in [-0.39, 0.29) is 11.6 Å². The Morgan fingerprint density at radius 2 is 1.82 bits per heavy atom. The van der Waals surface area contributed by atoms with Gasteiger partial charge in [-0.15, -0.1) is 10.2 Å². The van der Waals surface area contributed by atoms with E-state index in [0.29, 0.717) is 12.2 Å². The van der Waals surface area contributed by atoms with E-state index in [0.717, 1.165) is 17.7 Å². The predicted molar refractivity (Wildman–Crippen MR) is 88.8 cm³/mol. The number of nitrogens with one attached hydrogen (secondary N) is 2. The van der Waals surface area contributed by atoms with Crippen LogP contribution in [-0.2, 0) is 10.0 Å². The number of aromatic nitrogens is 2. The summed E-state index contributed by atoms with van der Waals surface area (Å²) in [7, 11) is -3.35. The van der Waals surface area contributed by atoms with E-state index in [2.05, 4.69) is 20.2 Å². The molecule has 2 rings (SSSR count). The zero-order valence-corrected chi connectivity index (χ0v) is 13.5. The van der Waals surface area contributed by atoms with Crippen LogP contribution in [0.5, 0.6) is 0 Å². The summed E-state index contributed by atoms with van der Waals surface area (Å²) in [4.78, 5) is 0. The molecule has 0 aliphatic carbocycles. The lowest BCUT2D eigenvalue weighted by molar-refractivity contribution is 0.597. The number of anilines is 3. The quantitative estimate of drug-likeness (QED) is 0.819. The van der Waals surface area contributed by atoms with Crippen molar-refractivity contribution in [3.63, 3.8) is 0 Å². The molecule has 0 radical (unpaired) electrons. The number of benzene rings is 1. The molecule has 0 unspecified atom stereocenters. The Morgan fingerprint density at radius 1 is 1.09 bits per heavy atom. The number of rotatable bonds is 7. The van der Waals surface area contributed by atoms with E-state index in [1.807, 2.05) is 38.1 Å². The van der Waals surface area contributed by atoms with Gasteiger partial charge in [0.2, 0.25) is 10.0 Å². The van der Waals surface area contributed by atoms with Crippen LogP contribution >= 0.6 is 0 Å². The minimum atomic E-state index is -3.35. The SMILES string of the molecule is CCCCS(=O)(=O)Nc1ccc(Nc2cccc(C)c2)nn1. The zero-order chi connectivity index (χ0) is 16.0. The van der Waals surface area contributed by atoms with E-state index < -0.39 is 10.0 Å². The topological polar surface area (TPSA) is 84.0 Å². The molecule has 0 atom stereocenters. The van der Waals surface area contributed by atoms with Gasteiger partial charge >= 0.3 is 0 Å². The molecule has 0 fully saturated rings. The Bertz CT molecular complexity index is 715. The second kappa shape index (κ2) is 7.22. The van der Waals surface area contributed by atoms with Gasteiger partial charge in [-0.2, -0.15) is 0 Å². The highest BCUT2D eigenvalue weighted by Crippen LogP contribution is 2.16. The summed E-state index contributed by atoms with van der Waals surface area (Å²) in [5, 5.41) is 11.0. The monoisotopic (exact) mass is 320 g/mol. The highest BCUT2D eigenvalue weighted by atomic mass is 32.2. The molecule has 0 amide bonds. The lowest BCUT2D eigenvalue weighted by atomic mass is 10.2. The van der Waals surface area contributed by atoms with Crippen LogP contribution in [0.25, 0.3) is 0 Å². The minimum absolute atomic E-state index is 0.0917. The van der Waals surface area contributed by atoms with Crippen LogP contribution in [0.15, 0.2) is 36.4 Å². The highest BCUT2D eigenvalue weighted by molar-refractivity contribution is 7.92. The van der Waals surface area contributed by atoms with E-state index >= 15 is 0 Å². The molecule has 6 nitrogen and oxygen atoms in total. The van der Waals surface area contributed by atoms with Crippen LogP contribution in [0.1, 0.15) is 25.3 Å². The number of aryl methyl sites for hydroxylation is 1. The largest absolute Gasteiger partial charge is 0.339 e. The first-order valence-electron chi connectivity index (χ1n) is 7.16. The van der Waals surface area contributed by atoms with Crippen molar-refractivity contribution in [1.29, 1.82) is 0 Å². The normalized spacial score (nSPS) is 11.2. The van der Waals surface area contributed by atoms with Crippen LogP contribution < -0.4 is 10.0 Å². The summed E-state index contributed by atoms with van der Waals surface area (Å²) < 4.78 is 26.0. The van der Waals surface area contributed by atoms with Crippen molar-refractivity contribution in [2.45, 2.75) is 26.7 Å². The van der Waals surface area contributed by atoms with Gasteiger partial charge in [-0.05, 0) is 43.2 Å². The first-order valence-corrected chi connectivity index (χ1v) is 8.81. The van der Waals surface area contributed by atoms with Crippen molar-refractivity contribution < 1.29 is 8.42 Å². The molecule has 0 saturated heterocycles. The van der Waals surface area contributed by atoms with Gasteiger partial charge in [-0.25, -0.2) is 8.42 Å². The Balaban J connectivity index is 2.01. The average molecular weight is 320 g/mol.